The van der Waals surface area contributed by atoms with Gasteiger partial charge in [0.25, 0.3) is 5.91 Å². The van der Waals surface area contributed by atoms with Crippen molar-refractivity contribution in [3.05, 3.63) is 33.8 Å². The number of piperidine rings is 1. The molecule has 0 saturated carbocycles. The van der Waals surface area contributed by atoms with Crippen molar-refractivity contribution in [3.8, 4) is 0 Å². The molecule has 0 aliphatic carbocycles. The standard InChI is InChI=1S/C21H31Cl2FN2O/c1-3-5-6-16(4-2)14-26-9-7-21(24,8-10-26)15-25-20(27)17-11-18(22)13-19(23)12-17/h11-13,16H,3-10,14-15H2,1-2H3,(H,25,27). The Bertz CT molecular complexity index is 598. The highest BCUT2D eigenvalue weighted by Crippen LogP contribution is 2.27. The average molecular weight is 417 g/mol. The van der Waals surface area contributed by atoms with Crippen molar-refractivity contribution in [2.75, 3.05) is 26.2 Å². The monoisotopic (exact) mass is 416 g/mol. The fraction of sp³-hybridized carbons (Fsp3) is 0.667. The summed E-state index contributed by atoms with van der Waals surface area (Å²) in [6.45, 7) is 7.03. The molecule has 6 heteroatoms. The minimum absolute atomic E-state index is 0.0246. The van der Waals surface area contributed by atoms with Crippen LogP contribution in [0.4, 0.5) is 4.39 Å². The van der Waals surface area contributed by atoms with Gasteiger partial charge in [0.1, 0.15) is 5.67 Å². The highest BCUT2D eigenvalue weighted by molar-refractivity contribution is 6.35. The number of benzene rings is 1. The average Bonchev–Trinajstić information content (AvgIpc) is 2.64. The summed E-state index contributed by atoms with van der Waals surface area (Å²) < 4.78 is 15.1. The zero-order chi connectivity index (χ0) is 19.9. The maximum absolute atomic E-state index is 15.1. The van der Waals surface area contributed by atoms with Crippen LogP contribution >= 0.6 is 23.2 Å². The topological polar surface area (TPSA) is 32.3 Å². The molecule has 1 fully saturated rings. The zero-order valence-corrected chi connectivity index (χ0v) is 17.9. The molecule has 27 heavy (non-hydrogen) atoms. The van der Waals surface area contributed by atoms with Crippen LogP contribution in [-0.4, -0.2) is 42.7 Å². The van der Waals surface area contributed by atoms with Crippen LogP contribution in [0.15, 0.2) is 18.2 Å². The number of carbonyl (C=O) groups is 1. The predicted octanol–water partition coefficient (Wildman–Crippen LogP) is 5.74. The highest BCUT2D eigenvalue weighted by Gasteiger charge is 2.35. The number of hydrogen-bond donors (Lipinski definition) is 1. The van der Waals surface area contributed by atoms with Crippen molar-refractivity contribution in [2.24, 2.45) is 5.92 Å². The zero-order valence-electron chi connectivity index (χ0n) is 16.4. The second-order valence-corrected chi connectivity index (χ2v) is 8.58. The van der Waals surface area contributed by atoms with Gasteiger partial charge in [0.05, 0.1) is 6.54 Å². The van der Waals surface area contributed by atoms with Crippen LogP contribution in [0.5, 0.6) is 0 Å². The molecule has 0 spiro atoms. The molecule has 1 aromatic carbocycles. The smallest absolute Gasteiger partial charge is 0.251 e. The van der Waals surface area contributed by atoms with Gasteiger partial charge >= 0.3 is 0 Å². The van der Waals surface area contributed by atoms with Crippen LogP contribution in [-0.2, 0) is 0 Å². The van der Waals surface area contributed by atoms with E-state index < -0.39 is 5.67 Å². The third kappa shape index (κ3) is 7.24. The van der Waals surface area contributed by atoms with E-state index >= 15 is 4.39 Å². The molecule has 1 aliphatic rings. The van der Waals surface area contributed by atoms with Gasteiger partial charge in [0.15, 0.2) is 0 Å². The van der Waals surface area contributed by atoms with Crippen LogP contribution in [0.2, 0.25) is 10.0 Å². The summed E-state index contributed by atoms with van der Waals surface area (Å²) in [7, 11) is 0. The number of carbonyl (C=O) groups excluding carboxylic acids is 1. The predicted molar refractivity (Wildman–Crippen MR) is 112 cm³/mol. The van der Waals surface area contributed by atoms with Crippen molar-refractivity contribution < 1.29 is 9.18 Å². The number of amides is 1. The molecule has 1 amide bonds. The molecular formula is C21H31Cl2FN2O. The molecule has 1 atom stereocenters. The Morgan fingerprint density at radius 3 is 2.41 bits per heavy atom. The summed E-state index contributed by atoms with van der Waals surface area (Å²) in [5.74, 6) is 0.355. The van der Waals surface area contributed by atoms with Crippen molar-refractivity contribution in [3.63, 3.8) is 0 Å². The maximum atomic E-state index is 15.1. The van der Waals surface area contributed by atoms with Gasteiger partial charge in [-0.2, -0.15) is 0 Å². The van der Waals surface area contributed by atoms with Gasteiger partial charge in [-0.15, -0.1) is 0 Å². The van der Waals surface area contributed by atoms with E-state index in [2.05, 4.69) is 24.1 Å². The number of hydrogen-bond acceptors (Lipinski definition) is 2. The molecule has 1 saturated heterocycles. The van der Waals surface area contributed by atoms with Crippen LogP contribution in [0.3, 0.4) is 0 Å². The third-order valence-electron chi connectivity index (χ3n) is 5.50. The molecule has 1 aliphatic heterocycles. The molecular weight excluding hydrogens is 386 g/mol. The second kappa shape index (κ2) is 10.6. The van der Waals surface area contributed by atoms with E-state index in [0.717, 1.165) is 19.6 Å². The number of halogens is 3. The molecule has 152 valence electrons. The maximum Gasteiger partial charge on any atom is 0.251 e. The first kappa shape index (κ1) is 22.4. The van der Waals surface area contributed by atoms with Crippen molar-refractivity contribution in [1.29, 1.82) is 0 Å². The Morgan fingerprint density at radius 2 is 1.85 bits per heavy atom. The van der Waals surface area contributed by atoms with Gasteiger partial charge in [-0.1, -0.05) is 56.3 Å². The lowest BCUT2D eigenvalue weighted by atomic mass is 9.91. The second-order valence-electron chi connectivity index (χ2n) is 7.71. The van der Waals surface area contributed by atoms with Crippen molar-refractivity contribution >= 4 is 29.1 Å². The lowest BCUT2D eigenvalue weighted by Gasteiger charge is -2.38. The molecule has 0 bridgehead atoms. The first-order valence-electron chi connectivity index (χ1n) is 10.0. The lowest BCUT2D eigenvalue weighted by molar-refractivity contribution is 0.0477. The van der Waals surface area contributed by atoms with Crippen molar-refractivity contribution in [1.82, 2.24) is 10.2 Å². The molecule has 0 aromatic heterocycles. The molecule has 1 N–H and O–H groups in total. The van der Waals surface area contributed by atoms with E-state index in [-0.39, 0.29) is 12.5 Å². The third-order valence-corrected chi connectivity index (χ3v) is 5.94. The highest BCUT2D eigenvalue weighted by atomic mass is 35.5. The summed E-state index contributed by atoms with van der Waals surface area (Å²) in [6.07, 6.45) is 5.82. The summed E-state index contributed by atoms with van der Waals surface area (Å²) in [6, 6.07) is 4.64. The summed E-state index contributed by atoms with van der Waals surface area (Å²) in [4.78, 5) is 14.7. The van der Waals surface area contributed by atoms with Gasteiger partial charge in [-0.05, 0) is 43.4 Å². The fourth-order valence-corrected chi connectivity index (χ4v) is 4.15. The van der Waals surface area contributed by atoms with Crippen LogP contribution in [0, 0.1) is 5.92 Å². The molecule has 0 radical (unpaired) electrons. The van der Waals surface area contributed by atoms with Gasteiger partial charge < -0.3 is 10.2 Å². The largest absolute Gasteiger partial charge is 0.349 e. The van der Waals surface area contributed by atoms with E-state index in [9.17, 15) is 4.79 Å². The first-order valence-corrected chi connectivity index (χ1v) is 10.8. The summed E-state index contributed by atoms with van der Waals surface area (Å²) in [5.41, 5.74) is -0.991. The normalized spacial score (nSPS) is 18.3. The SMILES string of the molecule is CCCCC(CC)CN1CCC(F)(CNC(=O)c2cc(Cl)cc(Cl)c2)CC1. The molecule has 1 unspecified atom stereocenters. The fourth-order valence-electron chi connectivity index (χ4n) is 3.62. The van der Waals surface area contributed by atoms with E-state index in [1.807, 2.05) is 0 Å². The van der Waals surface area contributed by atoms with Gasteiger partial charge in [0.2, 0.25) is 0 Å². The first-order chi connectivity index (χ1) is 12.8. The minimum Gasteiger partial charge on any atom is -0.349 e. The molecule has 3 nitrogen and oxygen atoms in total. The van der Waals surface area contributed by atoms with E-state index in [0.29, 0.717) is 34.4 Å². The van der Waals surface area contributed by atoms with Crippen molar-refractivity contribution in [2.45, 2.75) is 58.0 Å². The van der Waals surface area contributed by atoms with Crippen LogP contribution in [0.1, 0.15) is 62.7 Å². The summed E-state index contributed by atoms with van der Waals surface area (Å²) in [5, 5.41) is 3.49. The molecule has 2 rings (SSSR count). The van der Waals surface area contributed by atoms with Crippen LogP contribution < -0.4 is 5.32 Å². The molecule has 1 aromatic rings. The Labute approximate surface area is 172 Å². The lowest BCUT2D eigenvalue weighted by Crippen LogP contribution is -2.49. The number of nitrogens with one attached hydrogen (secondary N) is 1. The van der Waals surface area contributed by atoms with Gasteiger partial charge in [-0.3, -0.25) is 4.79 Å². The number of likely N-dealkylation sites (tertiary alicyclic amines) is 1. The molecule has 1 heterocycles. The number of nitrogens with zero attached hydrogens (tertiary/aromatic N) is 1. The quantitative estimate of drug-likeness (QED) is 0.555. The minimum atomic E-state index is -1.35. The van der Waals surface area contributed by atoms with Crippen LogP contribution in [0.25, 0.3) is 0 Å². The number of rotatable bonds is 9. The van der Waals surface area contributed by atoms with Gasteiger partial charge in [-0.25, -0.2) is 4.39 Å². The summed E-state index contributed by atoms with van der Waals surface area (Å²) >= 11 is 11.9. The number of unbranched alkanes of at least 4 members (excludes halogenated alkanes) is 1. The Balaban J connectivity index is 1.80. The van der Waals surface area contributed by atoms with E-state index in [1.54, 1.807) is 6.07 Å². The van der Waals surface area contributed by atoms with E-state index in [1.165, 1.54) is 37.8 Å². The number of alkyl halides is 1. The van der Waals surface area contributed by atoms with E-state index in [4.69, 9.17) is 23.2 Å². The Morgan fingerprint density at radius 1 is 1.22 bits per heavy atom. The Hall–Kier alpha value is -0.840. The Kier molecular flexibility index (Phi) is 8.84. The van der Waals surface area contributed by atoms with Gasteiger partial charge in [0, 0.05) is 35.2 Å².